The highest BCUT2D eigenvalue weighted by atomic mass is 16.5. The molecule has 0 aromatic carbocycles. The normalized spacial score (nSPS) is 18.3. The molecule has 6 heteroatoms. The van der Waals surface area contributed by atoms with Crippen LogP contribution in [0.3, 0.4) is 0 Å². The molecule has 1 fully saturated rings. The van der Waals surface area contributed by atoms with E-state index < -0.39 is 6.04 Å². The zero-order valence-electron chi connectivity index (χ0n) is 12.3. The van der Waals surface area contributed by atoms with E-state index in [0.717, 1.165) is 13.1 Å². The first-order valence-corrected chi connectivity index (χ1v) is 6.84. The number of rotatable bonds is 7. The van der Waals surface area contributed by atoms with E-state index in [1.807, 2.05) is 20.8 Å². The molecule has 0 spiro atoms. The fraction of sp³-hybridized carbons (Fsp3) is 0.846. The van der Waals surface area contributed by atoms with Crippen molar-refractivity contribution < 1.29 is 14.3 Å². The molecular formula is C13H25N3O3. The molecule has 0 radical (unpaired) electrons. The van der Waals surface area contributed by atoms with E-state index in [4.69, 9.17) is 4.74 Å². The minimum Gasteiger partial charge on any atom is -0.363 e. The van der Waals surface area contributed by atoms with Crippen molar-refractivity contribution in [2.24, 2.45) is 0 Å². The molecule has 1 unspecified atom stereocenters. The Kier molecular flexibility index (Phi) is 5.75. The maximum absolute atomic E-state index is 12.0. The maximum Gasteiger partial charge on any atom is 0.246 e. The van der Waals surface area contributed by atoms with Crippen LogP contribution in [0.15, 0.2) is 0 Å². The molecule has 1 aliphatic heterocycles. The van der Waals surface area contributed by atoms with E-state index in [1.165, 1.54) is 0 Å². The minimum absolute atomic E-state index is 0.00590. The summed E-state index contributed by atoms with van der Waals surface area (Å²) in [5.74, 6) is -0.309. The van der Waals surface area contributed by atoms with Crippen molar-refractivity contribution >= 4 is 11.8 Å². The summed E-state index contributed by atoms with van der Waals surface area (Å²) >= 11 is 0. The lowest BCUT2D eigenvalue weighted by molar-refractivity contribution is -0.141. The van der Waals surface area contributed by atoms with Gasteiger partial charge < -0.3 is 20.3 Å². The SMILES string of the molecule is CCN(CC)C(=O)C(C)NC(=O)COC1(C)CNC1. The summed E-state index contributed by atoms with van der Waals surface area (Å²) < 4.78 is 5.52. The van der Waals surface area contributed by atoms with Gasteiger partial charge in [0.1, 0.15) is 12.6 Å². The number of likely N-dealkylation sites (N-methyl/N-ethyl adjacent to an activating group) is 1. The van der Waals surface area contributed by atoms with Crippen molar-refractivity contribution in [3.05, 3.63) is 0 Å². The number of nitrogens with one attached hydrogen (secondary N) is 2. The van der Waals surface area contributed by atoms with Gasteiger partial charge in [-0.15, -0.1) is 0 Å². The summed E-state index contributed by atoms with van der Waals surface area (Å²) in [5, 5.41) is 5.77. The van der Waals surface area contributed by atoms with E-state index in [-0.39, 0.29) is 24.0 Å². The molecule has 1 atom stereocenters. The monoisotopic (exact) mass is 271 g/mol. The topological polar surface area (TPSA) is 70.7 Å². The van der Waals surface area contributed by atoms with Crippen molar-refractivity contribution in [3.8, 4) is 0 Å². The van der Waals surface area contributed by atoms with Crippen molar-refractivity contribution in [2.45, 2.75) is 39.3 Å². The molecule has 0 aliphatic carbocycles. The Hall–Kier alpha value is -1.14. The van der Waals surface area contributed by atoms with Crippen LogP contribution >= 0.6 is 0 Å². The van der Waals surface area contributed by atoms with Gasteiger partial charge in [-0.2, -0.15) is 0 Å². The van der Waals surface area contributed by atoms with E-state index in [9.17, 15) is 9.59 Å². The standard InChI is InChI=1S/C13H25N3O3/c1-5-16(6-2)12(18)10(3)15-11(17)7-19-13(4)8-14-9-13/h10,14H,5-9H2,1-4H3,(H,15,17). The summed E-state index contributed by atoms with van der Waals surface area (Å²) in [4.78, 5) is 25.4. The van der Waals surface area contributed by atoms with Crippen molar-refractivity contribution in [2.75, 3.05) is 32.8 Å². The third-order valence-electron chi connectivity index (χ3n) is 3.37. The Labute approximate surface area is 114 Å². The summed E-state index contributed by atoms with van der Waals surface area (Å²) in [7, 11) is 0. The Bertz CT molecular complexity index is 325. The van der Waals surface area contributed by atoms with Crippen LogP contribution < -0.4 is 10.6 Å². The Morgan fingerprint density at radius 3 is 2.37 bits per heavy atom. The summed E-state index contributed by atoms with van der Waals surface area (Å²) in [5.41, 5.74) is -0.247. The average molecular weight is 271 g/mol. The third-order valence-corrected chi connectivity index (χ3v) is 3.37. The molecular weight excluding hydrogens is 246 g/mol. The summed E-state index contributed by atoms with van der Waals surface area (Å²) in [6.07, 6.45) is 0. The van der Waals surface area contributed by atoms with Gasteiger partial charge in [0.15, 0.2) is 0 Å². The van der Waals surface area contributed by atoms with Gasteiger partial charge in [-0.3, -0.25) is 9.59 Å². The first kappa shape index (κ1) is 15.9. The van der Waals surface area contributed by atoms with Gasteiger partial charge in [0.2, 0.25) is 11.8 Å². The molecule has 0 saturated carbocycles. The number of carbonyl (C=O) groups excluding carboxylic acids is 2. The third kappa shape index (κ3) is 4.47. The molecule has 1 saturated heterocycles. The number of carbonyl (C=O) groups is 2. The highest BCUT2D eigenvalue weighted by molar-refractivity contribution is 5.87. The van der Waals surface area contributed by atoms with Crippen LogP contribution in [0.2, 0.25) is 0 Å². The number of hydrogen-bond acceptors (Lipinski definition) is 4. The quantitative estimate of drug-likeness (QED) is 0.669. The first-order valence-electron chi connectivity index (χ1n) is 6.84. The number of hydrogen-bond donors (Lipinski definition) is 2. The fourth-order valence-electron chi connectivity index (χ4n) is 1.97. The number of amides is 2. The Morgan fingerprint density at radius 1 is 1.37 bits per heavy atom. The van der Waals surface area contributed by atoms with Crippen molar-refractivity contribution in [3.63, 3.8) is 0 Å². The first-order chi connectivity index (χ1) is 8.91. The van der Waals surface area contributed by atoms with Crippen LogP contribution in [0.1, 0.15) is 27.7 Å². The highest BCUT2D eigenvalue weighted by Gasteiger charge is 2.33. The van der Waals surface area contributed by atoms with E-state index in [2.05, 4.69) is 10.6 Å². The van der Waals surface area contributed by atoms with Crippen LogP contribution in [-0.2, 0) is 14.3 Å². The number of ether oxygens (including phenoxy) is 1. The second kappa shape index (κ2) is 6.86. The lowest BCUT2D eigenvalue weighted by Crippen LogP contribution is -2.60. The molecule has 110 valence electrons. The minimum atomic E-state index is -0.511. The fourth-order valence-corrected chi connectivity index (χ4v) is 1.97. The predicted molar refractivity (Wildman–Crippen MR) is 72.8 cm³/mol. The zero-order valence-corrected chi connectivity index (χ0v) is 12.3. The van der Waals surface area contributed by atoms with Gasteiger partial charge in [-0.1, -0.05) is 0 Å². The predicted octanol–water partition coefficient (Wildman–Crippen LogP) is -0.262. The average Bonchev–Trinajstić information content (AvgIpc) is 2.35. The molecule has 1 rings (SSSR count). The van der Waals surface area contributed by atoms with E-state index in [0.29, 0.717) is 13.1 Å². The molecule has 1 aliphatic rings. The van der Waals surface area contributed by atoms with Crippen LogP contribution in [-0.4, -0.2) is 61.1 Å². The second-order valence-corrected chi connectivity index (χ2v) is 5.14. The van der Waals surface area contributed by atoms with Crippen LogP contribution in [0.5, 0.6) is 0 Å². The molecule has 6 nitrogen and oxygen atoms in total. The van der Waals surface area contributed by atoms with Crippen LogP contribution in [0.4, 0.5) is 0 Å². The largest absolute Gasteiger partial charge is 0.363 e. The van der Waals surface area contributed by atoms with Gasteiger partial charge in [0, 0.05) is 26.2 Å². The smallest absolute Gasteiger partial charge is 0.246 e. The molecule has 0 aromatic heterocycles. The molecule has 19 heavy (non-hydrogen) atoms. The van der Waals surface area contributed by atoms with Crippen LogP contribution in [0.25, 0.3) is 0 Å². The lowest BCUT2D eigenvalue weighted by atomic mass is 10.0. The van der Waals surface area contributed by atoms with Crippen molar-refractivity contribution in [1.29, 1.82) is 0 Å². The van der Waals surface area contributed by atoms with E-state index >= 15 is 0 Å². The number of nitrogens with zero attached hydrogens (tertiary/aromatic N) is 1. The zero-order chi connectivity index (χ0) is 14.5. The highest BCUT2D eigenvalue weighted by Crippen LogP contribution is 2.14. The Morgan fingerprint density at radius 2 is 1.95 bits per heavy atom. The summed E-state index contributed by atoms with van der Waals surface area (Å²) in [6.45, 7) is 10.3. The van der Waals surface area contributed by atoms with Crippen LogP contribution in [0, 0.1) is 0 Å². The summed E-state index contributed by atoms with van der Waals surface area (Å²) in [6, 6.07) is -0.511. The van der Waals surface area contributed by atoms with Gasteiger partial charge in [-0.25, -0.2) is 0 Å². The lowest BCUT2D eigenvalue weighted by Gasteiger charge is -2.38. The maximum atomic E-state index is 12.0. The Balaban J connectivity index is 2.32. The molecule has 0 bridgehead atoms. The van der Waals surface area contributed by atoms with Gasteiger partial charge in [0.05, 0.1) is 5.60 Å². The van der Waals surface area contributed by atoms with E-state index in [1.54, 1.807) is 11.8 Å². The molecule has 2 N–H and O–H groups in total. The molecule has 0 aromatic rings. The second-order valence-electron chi connectivity index (χ2n) is 5.14. The molecule has 1 heterocycles. The van der Waals surface area contributed by atoms with Crippen molar-refractivity contribution in [1.82, 2.24) is 15.5 Å². The van der Waals surface area contributed by atoms with Gasteiger partial charge in [-0.05, 0) is 27.7 Å². The molecule has 2 amide bonds. The van der Waals surface area contributed by atoms with Gasteiger partial charge in [0.25, 0.3) is 0 Å². The van der Waals surface area contributed by atoms with Gasteiger partial charge >= 0.3 is 0 Å².